The van der Waals surface area contributed by atoms with Gasteiger partial charge in [-0.05, 0) is 0 Å². The summed E-state index contributed by atoms with van der Waals surface area (Å²) in [4.78, 5) is 0. The van der Waals surface area contributed by atoms with E-state index >= 15 is 0 Å². The summed E-state index contributed by atoms with van der Waals surface area (Å²) in [5, 5.41) is 0.604. The molecule has 0 bridgehead atoms. The summed E-state index contributed by atoms with van der Waals surface area (Å²) in [7, 11) is 0. The first-order valence-electron chi connectivity index (χ1n) is 6.59. The van der Waals surface area contributed by atoms with Crippen molar-refractivity contribution in [2.75, 3.05) is 0 Å². The zero-order chi connectivity index (χ0) is 11.8. The van der Waals surface area contributed by atoms with E-state index < -0.39 is 24.6 Å². The van der Waals surface area contributed by atoms with Crippen LogP contribution >= 0.6 is 12.6 Å². The van der Waals surface area contributed by atoms with Crippen LogP contribution in [-0.2, 0) is 24.6 Å². The van der Waals surface area contributed by atoms with Gasteiger partial charge in [-0.2, -0.15) is 0 Å². The van der Waals surface area contributed by atoms with Crippen LogP contribution in [0.5, 0.6) is 0 Å². The molecule has 3 atom stereocenters. The summed E-state index contributed by atoms with van der Waals surface area (Å²) >= 11 is 3.84. The normalized spacial score (nSPS) is 17.3. The molecule has 88 valence electrons. The summed E-state index contributed by atoms with van der Waals surface area (Å²) in [5.41, 5.74) is 0. The Morgan fingerprint density at radius 1 is 0.800 bits per heavy atom. The molecular formula is C13H28HgS. The van der Waals surface area contributed by atoms with Crippen molar-refractivity contribution in [2.45, 2.75) is 72.4 Å². The molecule has 0 nitrogen and oxygen atoms in total. The predicted octanol–water partition coefficient (Wildman–Crippen LogP) is 5.22. The van der Waals surface area contributed by atoms with Crippen LogP contribution in [0, 0.1) is 5.92 Å². The summed E-state index contributed by atoms with van der Waals surface area (Å²) < 4.78 is 2.22. The molecule has 0 saturated carbocycles. The van der Waals surface area contributed by atoms with Crippen LogP contribution in [0.25, 0.3) is 0 Å². The first-order chi connectivity index (χ1) is 6.91. The van der Waals surface area contributed by atoms with E-state index in [4.69, 9.17) is 0 Å². The Morgan fingerprint density at radius 3 is 1.67 bits per heavy atom. The molecule has 15 heavy (non-hydrogen) atoms. The second-order valence-corrected chi connectivity index (χ2v) is 19.4. The van der Waals surface area contributed by atoms with Crippen LogP contribution in [0.2, 0.25) is 6.85 Å². The van der Waals surface area contributed by atoms with Gasteiger partial charge in [0.25, 0.3) is 0 Å². The third-order valence-corrected chi connectivity index (χ3v) is 12.8. The molecule has 0 aliphatic heterocycles. The van der Waals surface area contributed by atoms with Crippen molar-refractivity contribution < 1.29 is 24.6 Å². The van der Waals surface area contributed by atoms with Crippen LogP contribution < -0.4 is 0 Å². The van der Waals surface area contributed by atoms with Crippen LogP contribution in [-0.4, -0.2) is 5.25 Å². The molecule has 0 radical (unpaired) electrons. The van der Waals surface area contributed by atoms with Gasteiger partial charge in [0.1, 0.15) is 0 Å². The van der Waals surface area contributed by atoms with Gasteiger partial charge in [0.2, 0.25) is 0 Å². The average Bonchev–Trinajstić information content (AvgIpc) is 2.11. The molecule has 0 spiro atoms. The van der Waals surface area contributed by atoms with Gasteiger partial charge in [-0.1, -0.05) is 0 Å². The van der Waals surface area contributed by atoms with E-state index in [0.717, 1.165) is 12.8 Å². The monoisotopic (exact) mass is 418 g/mol. The first-order valence-corrected chi connectivity index (χ1v) is 13.5. The summed E-state index contributed by atoms with van der Waals surface area (Å²) in [6.07, 6.45) is 5.70. The molecule has 0 aromatic heterocycles. The maximum absolute atomic E-state index is 4.46. The molecule has 0 saturated heterocycles. The molecule has 2 heteroatoms. The van der Waals surface area contributed by atoms with Crippen molar-refractivity contribution in [1.82, 2.24) is 0 Å². The van der Waals surface area contributed by atoms with Gasteiger partial charge in [-0.15, -0.1) is 0 Å². The van der Waals surface area contributed by atoms with E-state index in [1.54, 1.807) is 0 Å². The SMILES string of the molecule is CC(C)CC[CH](C)[Hg][CH](C)CCC(C)S. The van der Waals surface area contributed by atoms with Crippen LogP contribution in [0.3, 0.4) is 0 Å². The standard InChI is InChI=1S/C7H15.C6H13S.Hg/c1-4-5-6-7(2)3;1-3-4-5-6(2)7;/h4,7H,5-6H2,1-3H3;3,6-7H,4-5H2,1-2H3;. The Bertz CT molecular complexity index is 129. The van der Waals surface area contributed by atoms with Crippen LogP contribution in [0.1, 0.15) is 60.3 Å². The van der Waals surface area contributed by atoms with Crippen molar-refractivity contribution in [1.29, 1.82) is 0 Å². The number of rotatable bonds is 8. The van der Waals surface area contributed by atoms with Crippen LogP contribution in [0.15, 0.2) is 0 Å². The Hall–Kier alpha value is 1.29. The molecule has 0 aromatic carbocycles. The minimum absolute atomic E-state index is 0.604. The van der Waals surface area contributed by atoms with Gasteiger partial charge in [0.05, 0.1) is 0 Å². The maximum atomic E-state index is 4.46. The second kappa shape index (κ2) is 9.33. The number of thiol groups is 1. The minimum atomic E-state index is -0.613. The van der Waals surface area contributed by atoms with E-state index in [2.05, 4.69) is 47.2 Å². The van der Waals surface area contributed by atoms with Crippen molar-refractivity contribution >= 4 is 12.6 Å². The Kier molecular flexibility index (Phi) is 10.1. The molecule has 3 unspecified atom stereocenters. The second-order valence-electron chi connectivity index (χ2n) is 5.84. The zero-order valence-electron chi connectivity index (χ0n) is 11.3. The molecule has 0 heterocycles. The molecular weight excluding hydrogens is 389 g/mol. The zero-order valence-corrected chi connectivity index (χ0v) is 17.7. The molecule has 0 rings (SSSR count). The third kappa shape index (κ3) is 11.5. The molecule has 0 N–H and O–H groups in total. The van der Waals surface area contributed by atoms with E-state index in [9.17, 15) is 0 Å². The average molecular weight is 417 g/mol. The molecule has 0 fully saturated rings. The quantitative estimate of drug-likeness (QED) is 0.407. The van der Waals surface area contributed by atoms with Crippen molar-refractivity contribution in [2.24, 2.45) is 5.92 Å². The fourth-order valence-electron chi connectivity index (χ4n) is 2.07. The van der Waals surface area contributed by atoms with E-state index in [1.807, 2.05) is 0 Å². The Balaban J connectivity index is 3.52. The first kappa shape index (κ1) is 16.3. The molecule has 0 amide bonds. The van der Waals surface area contributed by atoms with Gasteiger partial charge in [-0.3, -0.25) is 0 Å². The van der Waals surface area contributed by atoms with Crippen molar-refractivity contribution in [3.8, 4) is 0 Å². The van der Waals surface area contributed by atoms with Gasteiger partial charge in [0.15, 0.2) is 0 Å². The van der Waals surface area contributed by atoms with E-state index in [1.165, 1.54) is 25.7 Å². The summed E-state index contributed by atoms with van der Waals surface area (Å²) in [6, 6.07) is 0. The molecule has 0 aromatic rings. The predicted molar refractivity (Wildman–Crippen MR) is 70.6 cm³/mol. The Morgan fingerprint density at radius 2 is 1.27 bits per heavy atom. The Labute approximate surface area is 115 Å². The van der Waals surface area contributed by atoms with Crippen molar-refractivity contribution in [3.05, 3.63) is 0 Å². The van der Waals surface area contributed by atoms with E-state index in [-0.39, 0.29) is 0 Å². The topological polar surface area (TPSA) is 0 Å². The fraction of sp³-hybridized carbons (Fsp3) is 1.00. The third-order valence-electron chi connectivity index (χ3n) is 3.12. The fourth-order valence-corrected chi connectivity index (χ4v) is 11.2. The number of hydrogen-bond acceptors (Lipinski definition) is 1. The van der Waals surface area contributed by atoms with Gasteiger partial charge < -0.3 is 0 Å². The molecule has 0 aliphatic carbocycles. The van der Waals surface area contributed by atoms with Crippen molar-refractivity contribution in [3.63, 3.8) is 0 Å². The molecule has 0 aliphatic rings. The summed E-state index contributed by atoms with van der Waals surface area (Å²) in [6.45, 7) is 11.9. The van der Waals surface area contributed by atoms with Gasteiger partial charge in [0, 0.05) is 0 Å². The van der Waals surface area contributed by atoms with Gasteiger partial charge >= 0.3 is 116 Å². The number of hydrogen-bond donors (Lipinski definition) is 1. The van der Waals surface area contributed by atoms with Gasteiger partial charge in [-0.25, -0.2) is 0 Å². The van der Waals surface area contributed by atoms with E-state index in [0.29, 0.717) is 5.25 Å². The van der Waals surface area contributed by atoms with Crippen LogP contribution in [0.4, 0.5) is 0 Å². The summed E-state index contributed by atoms with van der Waals surface area (Å²) in [5.74, 6) is 0.897.